The molecule has 1 saturated carbocycles. The van der Waals surface area contributed by atoms with E-state index in [1.807, 2.05) is 6.08 Å². The average molecular weight is 430 g/mol. The lowest BCUT2D eigenvalue weighted by atomic mass is 9.80. The van der Waals surface area contributed by atoms with Gasteiger partial charge in [-0.05, 0) is 74.1 Å². The molecule has 0 radical (unpaired) electrons. The topological polar surface area (TPSA) is 24.4 Å². The number of alkyl halides is 3. The van der Waals surface area contributed by atoms with Crippen LogP contribution >= 0.6 is 0 Å². The Morgan fingerprint density at radius 2 is 1.87 bits per heavy atom. The van der Waals surface area contributed by atoms with Crippen molar-refractivity contribution in [3.63, 3.8) is 0 Å². The van der Waals surface area contributed by atoms with E-state index in [0.29, 0.717) is 30.5 Å². The number of halogens is 4. The zero-order valence-corrected chi connectivity index (χ0v) is 17.7. The molecule has 1 heterocycles. The van der Waals surface area contributed by atoms with Gasteiger partial charge in [0.25, 0.3) is 0 Å². The molecule has 0 saturated heterocycles. The predicted molar refractivity (Wildman–Crippen MR) is 116 cm³/mol. The fourth-order valence-corrected chi connectivity index (χ4v) is 4.22. The summed E-state index contributed by atoms with van der Waals surface area (Å²) in [6, 6.07) is 8.43. The number of nitrogens with zero attached hydrogens (tertiary/aromatic N) is 1. The second-order valence-electron chi connectivity index (χ2n) is 8.63. The molecule has 164 valence electrons. The van der Waals surface area contributed by atoms with Gasteiger partial charge in [-0.1, -0.05) is 24.1 Å². The monoisotopic (exact) mass is 430 g/mol. The Bertz CT molecular complexity index is 1030. The van der Waals surface area contributed by atoms with Gasteiger partial charge in [-0.3, -0.25) is 4.99 Å². The normalized spacial score (nSPS) is 17.7. The molecule has 1 fully saturated rings. The molecule has 0 aromatic heterocycles. The molecule has 0 amide bonds. The maximum absolute atomic E-state index is 14.6. The summed E-state index contributed by atoms with van der Waals surface area (Å²) in [5.41, 5.74) is 2.89. The third-order valence-electron chi connectivity index (χ3n) is 6.28. The van der Waals surface area contributed by atoms with Crippen molar-refractivity contribution >= 4 is 5.71 Å². The first kappa shape index (κ1) is 21.6. The number of aryl methyl sites for hydroxylation is 1. The van der Waals surface area contributed by atoms with Crippen LogP contribution in [0.1, 0.15) is 42.9 Å². The maximum Gasteiger partial charge on any atom is 0.416 e. The fourth-order valence-electron chi connectivity index (χ4n) is 4.22. The third kappa shape index (κ3) is 4.83. The first-order chi connectivity index (χ1) is 14.7. The van der Waals surface area contributed by atoms with E-state index in [9.17, 15) is 17.6 Å². The highest BCUT2D eigenvalue weighted by Crippen LogP contribution is 2.36. The summed E-state index contributed by atoms with van der Waals surface area (Å²) in [4.78, 5) is 4.56. The van der Waals surface area contributed by atoms with Gasteiger partial charge < -0.3 is 5.32 Å². The Morgan fingerprint density at radius 3 is 2.55 bits per heavy atom. The molecule has 1 atom stereocenters. The highest BCUT2D eigenvalue weighted by Gasteiger charge is 2.31. The number of allylic oxidation sites excluding steroid dienone is 1. The van der Waals surface area contributed by atoms with Crippen molar-refractivity contribution in [1.82, 2.24) is 5.32 Å². The zero-order chi connectivity index (χ0) is 22.2. The highest BCUT2D eigenvalue weighted by molar-refractivity contribution is 5.99. The molecule has 1 aliphatic heterocycles. The number of rotatable bonds is 6. The van der Waals surface area contributed by atoms with Crippen molar-refractivity contribution in [3.05, 3.63) is 70.7 Å². The Morgan fingerprint density at radius 1 is 1.10 bits per heavy atom. The molecular formula is C25H26F4N2. The van der Waals surface area contributed by atoms with E-state index in [4.69, 9.17) is 0 Å². The van der Waals surface area contributed by atoms with Crippen LogP contribution in [0.4, 0.5) is 17.6 Å². The van der Waals surface area contributed by atoms with Gasteiger partial charge in [0.05, 0.1) is 12.1 Å². The van der Waals surface area contributed by atoms with Crippen LogP contribution in [0.5, 0.6) is 0 Å². The molecule has 1 aliphatic carbocycles. The lowest BCUT2D eigenvalue weighted by Crippen LogP contribution is -2.36. The molecule has 2 aromatic carbocycles. The van der Waals surface area contributed by atoms with Crippen LogP contribution in [0.3, 0.4) is 0 Å². The SMILES string of the molecule is Cc1ccc(F)c(-c2cc(C(F)(F)F)ccc2CC2=NCC(N[C@H](C)C3CCC3)=C2)c1. The minimum atomic E-state index is -4.49. The number of benzene rings is 2. The third-order valence-corrected chi connectivity index (χ3v) is 6.28. The standard InChI is InChI=1S/C25H26F4N2/c1-15-6-9-24(26)23(10-15)22-12-19(25(27,28)29)8-7-18(22)11-20-13-21(14-30-20)31-16(2)17-4-3-5-17/h6-10,12-13,16-17,31H,3-5,11,14H2,1-2H3/t16-/m1/s1. The van der Waals surface area contributed by atoms with Crippen LogP contribution in [-0.2, 0) is 12.6 Å². The van der Waals surface area contributed by atoms with E-state index in [2.05, 4.69) is 17.2 Å². The van der Waals surface area contributed by atoms with Crippen LogP contribution in [0.25, 0.3) is 11.1 Å². The quantitative estimate of drug-likeness (QED) is 0.521. The molecule has 0 bridgehead atoms. The predicted octanol–water partition coefficient (Wildman–Crippen LogP) is 6.48. The second kappa shape index (κ2) is 8.48. The summed E-state index contributed by atoms with van der Waals surface area (Å²) in [7, 11) is 0. The number of hydrogen-bond donors (Lipinski definition) is 1. The average Bonchev–Trinajstić information content (AvgIpc) is 3.08. The molecule has 2 aliphatic rings. The zero-order valence-electron chi connectivity index (χ0n) is 17.7. The van der Waals surface area contributed by atoms with Crippen molar-refractivity contribution in [3.8, 4) is 11.1 Å². The lowest BCUT2D eigenvalue weighted by Gasteiger charge is -2.32. The van der Waals surface area contributed by atoms with Crippen molar-refractivity contribution in [1.29, 1.82) is 0 Å². The van der Waals surface area contributed by atoms with Crippen molar-refractivity contribution in [2.75, 3.05) is 6.54 Å². The fraction of sp³-hybridized carbons (Fsp3) is 0.400. The minimum Gasteiger partial charge on any atom is -0.384 e. The van der Waals surface area contributed by atoms with Gasteiger partial charge in [0.2, 0.25) is 0 Å². The molecule has 0 unspecified atom stereocenters. The summed E-state index contributed by atoms with van der Waals surface area (Å²) in [6.45, 7) is 4.51. The van der Waals surface area contributed by atoms with Crippen LogP contribution in [0.15, 0.2) is 53.2 Å². The maximum atomic E-state index is 14.6. The number of aliphatic imine (C=N–C) groups is 1. The Hall–Kier alpha value is -2.63. The van der Waals surface area contributed by atoms with Crippen LogP contribution in [-0.4, -0.2) is 18.3 Å². The largest absolute Gasteiger partial charge is 0.416 e. The minimum absolute atomic E-state index is 0.181. The summed E-state index contributed by atoms with van der Waals surface area (Å²) in [5.74, 6) is 0.155. The Labute approximate surface area is 180 Å². The van der Waals surface area contributed by atoms with Crippen LogP contribution in [0, 0.1) is 18.7 Å². The summed E-state index contributed by atoms with van der Waals surface area (Å²) >= 11 is 0. The Kier molecular flexibility index (Phi) is 5.91. The van der Waals surface area contributed by atoms with Gasteiger partial charge in [0.1, 0.15) is 5.82 Å². The first-order valence-electron chi connectivity index (χ1n) is 10.7. The van der Waals surface area contributed by atoms with E-state index in [1.54, 1.807) is 19.1 Å². The molecule has 2 nitrogen and oxygen atoms in total. The molecular weight excluding hydrogens is 404 g/mol. The first-order valence-corrected chi connectivity index (χ1v) is 10.7. The molecule has 2 aromatic rings. The van der Waals surface area contributed by atoms with E-state index in [1.165, 1.54) is 31.4 Å². The summed E-state index contributed by atoms with van der Waals surface area (Å²) < 4.78 is 54.6. The van der Waals surface area contributed by atoms with Crippen molar-refractivity contribution < 1.29 is 17.6 Å². The summed E-state index contributed by atoms with van der Waals surface area (Å²) in [6.07, 6.45) is 1.60. The second-order valence-corrected chi connectivity index (χ2v) is 8.63. The van der Waals surface area contributed by atoms with Gasteiger partial charge in [-0.2, -0.15) is 13.2 Å². The van der Waals surface area contributed by atoms with E-state index >= 15 is 0 Å². The van der Waals surface area contributed by atoms with Crippen LogP contribution < -0.4 is 5.32 Å². The number of hydrogen-bond acceptors (Lipinski definition) is 2. The highest BCUT2D eigenvalue weighted by atomic mass is 19.4. The summed E-state index contributed by atoms with van der Waals surface area (Å²) in [5, 5.41) is 3.53. The van der Waals surface area contributed by atoms with E-state index in [-0.39, 0.29) is 11.1 Å². The molecule has 1 N–H and O–H groups in total. The molecule has 0 spiro atoms. The number of nitrogens with one attached hydrogen (secondary N) is 1. The Balaban J connectivity index is 1.61. The van der Waals surface area contributed by atoms with Gasteiger partial charge >= 0.3 is 6.18 Å². The molecule has 31 heavy (non-hydrogen) atoms. The molecule has 4 rings (SSSR count). The van der Waals surface area contributed by atoms with Crippen molar-refractivity contribution in [2.24, 2.45) is 10.9 Å². The van der Waals surface area contributed by atoms with E-state index in [0.717, 1.165) is 29.1 Å². The van der Waals surface area contributed by atoms with Crippen LogP contribution in [0.2, 0.25) is 0 Å². The van der Waals surface area contributed by atoms with E-state index < -0.39 is 17.6 Å². The van der Waals surface area contributed by atoms with Gasteiger partial charge in [-0.15, -0.1) is 0 Å². The van der Waals surface area contributed by atoms with Gasteiger partial charge in [-0.25, -0.2) is 4.39 Å². The van der Waals surface area contributed by atoms with Gasteiger partial charge in [0.15, 0.2) is 0 Å². The smallest absolute Gasteiger partial charge is 0.384 e. The lowest BCUT2D eigenvalue weighted by molar-refractivity contribution is -0.137. The molecule has 6 heteroatoms. The van der Waals surface area contributed by atoms with Crippen molar-refractivity contribution in [2.45, 2.75) is 51.7 Å². The van der Waals surface area contributed by atoms with Gasteiger partial charge in [0, 0.05) is 29.4 Å².